The van der Waals surface area contributed by atoms with Crippen molar-refractivity contribution in [2.24, 2.45) is 11.8 Å². The van der Waals surface area contributed by atoms with Gasteiger partial charge in [-0.1, -0.05) is 0 Å². The van der Waals surface area contributed by atoms with Gasteiger partial charge in [0.2, 0.25) is 5.91 Å². The molecule has 5 nitrogen and oxygen atoms in total. The number of carboxylic acid groups (broad SMARTS) is 1. The van der Waals surface area contributed by atoms with Crippen LogP contribution in [-0.4, -0.2) is 46.7 Å². The standard InChI is InChI=1S/C15H25NO4/c1-10-8-16(9-15(2,3)20-10)13(17)11-4-6-12(7-5-11)14(18)19/h10-12H,4-9H2,1-3H3,(H,18,19). The number of carboxylic acids is 1. The molecule has 1 amide bonds. The predicted octanol–water partition coefficient (Wildman–Crippen LogP) is 1.90. The van der Waals surface area contributed by atoms with Crippen LogP contribution in [0.2, 0.25) is 0 Å². The summed E-state index contributed by atoms with van der Waals surface area (Å²) >= 11 is 0. The first-order chi connectivity index (χ1) is 9.28. The SMILES string of the molecule is CC1CN(C(=O)C2CCC(C(=O)O)CC2)CC(C)(C)O1. The molecule has 0 spiro atoms. The first kappa shape index (κ1) is 15.3. The normalized spacial score (nSPS) is 33.8. The van der Waals surface area contributed by atoms with E-state index in [4.69, 9.17) is 9.84 Å². The molecular formula is C15H25NO4. The second-order valence-corrected chi connectivity index (χ2v) is 6.79. The fraction of sp³-hybridized carbons (Fsp3) is 0.867. The summed E-state index contributed by atoms with van der Waals surface area (Å²) < 4.78 is 5.82. The lowest BCUT2D eigenvalue weighted by Gasteiger charge is -2.43. The molecule has 2 aliphatic rings. The van der Waals surface area contributed by atoms with Crippen LogP contribution < -0.4 is 0 Å². The van der Waals surface area contributed by atoms with Gasteiger partial charge < -0.3 is 14.7 Å². The fourth-order valence-corrected chi connectivity index (χ4v) is 3.47. The zero-order valence-electron chi connectivity index (χ0n) is 12.6. The molecule has 0 bridgehead atoms. The maximum atomic E-state index is 12.6. The van der Waals surface area contributed by atoms with Crippen molar-refractivity contribution in [2.75, 3.05) is 13.1 Å². The van der Waals surface area contributed by atoms with Crippen LogP contribution in [0.15, 0.2) is 0 Å². The Morgan fingerprint density at radius 2 is 1.70 bits per heavy atom. The van der Waals surface area contributed by atoms with Gasteiger partial charge in [0.05, 0.1) is 17.6 Å². The van der Waals surface area contributed by atoms with Crippen LogP contribution in [0.1, 0.15) is 46.5 Å². The van der Waals surface area contributed by atoms with Gasteiger partial charge in [-0.15, -0.1) is 0 Å². The van der Waals surface area contributed by atoms with E-state index in [1.165, 1.54) is 0 Å². The van der Waals surface area contributed by atoms with Crippen LogP contribution in [0.4, 0.5) is 0 Å². The molecule has 1 saturated carbocycles. The van der Waals surface area contributed by atoms with Gasteiger partial charge in [0.1, 0.15) is 0 Å². The summed E-state index contributed by atoms with van der Waals surface area (Å²) in [7, 11) is 0. The molecule has 1 heterocycles. The number of rotatable bonds is 2. The quantitative estimate of drug-likeness (QED) is 0.840. The van der Waals surface area contributed by atoms with E-state index in [2.05, 4.69) is 0 Å². The number of nitrogens with zero attached hydrogens (tertiary/aromatic N) is 1. The zero-order valence-corrected chi connectivity index (χ0v) is 12.6. The van der Waals surface area contributed by atoms with Crippen LogP contribution in [0.25, 0.3) is 0 Å². The van der Waals surface area contributed by atoms with E-state index in [-0.39, 0.29) is 29.4 Å². The summed E-state index contributed by atoms with van der Waals surface area (Å²) in [6, 6.07) is 0. The van der Waals surface area contributed by atoms with Crippen molar-refractivity contribution >= 4 is 11.9 Å². The second kappa shape index (κ2) is 5.72. The van der Waals surface area contributed by atoms with E-state index in [9.17, 15) is 9.59 Å². The highest BCUT2D eigenvalue weighted by molar-refractivity contribution is 5.79. The second-order valence-electron chi connectivity index (χ2n) is 6.79. The highest BCUT2D eigenvalue weighted by Gasteiger charge is 2.37. The minimum atomic E-state index is -0.725. The number of hydrogen-bond donors (Lipinski definition) is 1. The van der Waals surface area contributed by atoms with Crippen molar-refractivity contribution in [3.8, 4) is 0 Å². The van der Waals surface area contributed by atoms with E-state index in [0.29, 0.717) is 38.8 Å². The number of morpholine rings is 1. The van der Waals surface area contributed by atoms with Crippen molar-refractivity contribution < 1.29 is 19.4 Å². The minimum absolute atomic E-state index is 0.00769. The van der Waals surface area contributed by atoms with Gasteiger partial charge in [-0.05, 0) is 46.5 Å². The highest BCUT2D eigenvalue weighted by atomic mass is 16.5. The van der Waals surface area contributed by atoms with Crippen LogP contribution in [-0.2, 0) is 14.3 Å². The summed E-state index contributed by atoms with van der Waals surface area (Å²) in [5.74, 6) is -0.820. The summed E-state index contributed by atoms with van der Waals surface area (Å²) in [5, 5.41) is 9.00. The Morgan fingerprint density at radius 1 is 1.15 bits per heavy atom. The Labute approximate surface area is 120 Å². The lowest BCUT2D eigenvalue weighted by Crippen LogP contribution is -2.55. The summed E-state index contributed by atoms with van der Waals surface area (Å²) in [4.78, 5) is 25.4. The Bertz CT molecular complexity index is 385. The average molecular weight is 283 g/mol. The molecular weight excluding hydrogens is 258 g/mol. The lowest BCUT2D eigenvalue weighted by atomic mass is 9.81. The Morgan fingerprint density at radius 3 is 2.20 bits per heavy atom. The topological polar surface area (TPSA) is 66.8 Å². The first-order valence-corrected chi connectivity index (χ1v) is 7.48. The predicted molar refractivity (Wildman–Crippen MR) is 74.3 cm³/mol. The van der Waals surface area contributed by atoms with E-state index in [0.717, 1.165) is 0 Å². The molecule has 1 aliphatic heterocycles. The number of hydrogen-bond acceptors (Lipinski definition) is 3. The lowest BCUT2D eigenvalue weighted by molar-refractivity contribution is -0.163. The Hall–Kier alpha value is -1.10. The third-order valence-corrected chi connectivity index (χ3v) is 4.31. The summed E-state index contributed by atoms with van der Waals surface area (Å²) in [6.45, 7) is 7.26. The number of carbonyl (C=O) groups is 2. The van der Waals surface area contributed by atoms with Crippen molar-refractivity contribution in [2.45, 2.75) is 58.2 Å². The van der Waals surface area contributed by atoms with Gasteiger partial charge in [0.25, 0.3) is 0 Å². The molecule has 2 fully saturated rings. The fourth-order valence-electron chi connectivity index (χ4n) is 3.47. The van der Waals surface area contributed by atoms with Crippen molar-refractivity contribution in [3.63, 3.8) is 0 Å². The molecule has 114 valence electrons. The maximum absolute atomic E-state index is 12.6. The van der Waals surface area contributed by atoms with Gasteiger partial charge in [0.15, 0.2) is 0 Å². The monoisotopic (exact) mass is 283 g/mol. The molecule has 0 aromatic rings. The van der Waals surface area contributed by atoms with Crippen LogP contribution in [0, 0.1) is 11.8 Å². The maximum Gasteiger partial charge on any atom is 0.306 e. The molecule has 1 unspecified atom stereocenters. The summed E-state index contributed by atoms with van der Waals surface area (Å²) in [5.41, 5.74) is -0.300. The molecule has 0 radical (unpaired) electrons. The highest BCUT2D eigenvalue weighted by Crippen LogP contribution is 2.31. The molecule has 0 aromatic carbocycles. The van der Waals surface area contributed by atoms with Crippen molar-refractivity contribution in [3.05, 3.63) is 0 Å². The van der Waals surface area contributed by atoms with Gasteiger partial charge in [0, 0.05) is 19.0 Å². The smallest absolute Gasteiger partial charge is 0.306 e. The molecule has 1 saturated heterocycles. The van der Waals surface area contributed by atoms with E-state index in [1.54, 1.807) is 0 Å². The average Bonchev–Trinajstić information content (AvgIpc) is 2.35. The number of ether oxygens (including phenoxy) is 1. The molecule has 1 atom stereocenters. The molecule has 2 rings (SSSR count). The number of aliphatic carboxylic acids is 1. The minimum Gasteiger partial charge on any atom is -0.481 e. The van der Waals surface area contributed by atoms with Crippen molar-refractivity contribution in [1.29, 1.82) is 0 Å². The van der Waals surface area contributed by atoms with Crippen LogP contribution >= 0.6 is 0 Å². The summed E-state index contributed by atoms with van der Waals surface area (Å²) in [6.07, 6.45) is 2.69. The first-order valence-electron chi connectivity index (χ1n) is 7.48. The Kier molecular flexibility index (Phi) is 4.37. The molecule has 0 aromatic heterocycles. The van der Waals surface area contributed by atoms with Gasteiger partial charge >= 0.3 is 5.97 Å². The van der Waals surface area contributed by atoms with E-state index >= 15 is 0 Å². The largest absolute Gasteiger partial charge is 0.481 e. The third-order valence-electron chi connectivity index (χ3n) is 4.31. The van der Waals surface area contributed by atoms with Crippen LogP contribution in [0.5, 0.6) is 0 Å². The molecule has 5 heteroatoms. The van der Waals surface area contributed by atoms with Crippen molar-refractivity contribution in [1.82, 2.24) is 4.90 Å². The number of carbonyl (C=O) groups excluding carboxylic acids is 1. The van der Waals surface area contributed by atoms with Crippen LogP contribution in [0.3, 0.4) is 0 Å². The van der Waals surface area contributed by atoms with E-state index < -0.39 is 5.97 Å². The van der Waals surface area contributed by atoms with Gasteiger partial charge in [-0.3, -0.25) is 9.59 Å². The third kappa shape index (κ3) is 3.51. The van der Waals surface area contributed by atoms with Gasteiger partial charge in [-0.2, -0.15) is 0 Å². The molecule has 1 aliphatic carbocycles. The molecule has 1 N–H and O–H groups in total. The zero-order chi connectivity index (χ0) is 14.9. The Balaban J connectivity index is 1.93. The number of amides is 1. The van der Waals surface area contributed by atoms with Gasteiger partial charge in [-0.25, -0.2) is 0 Å². The van der Waals surface area contributed by atoms with E-state index in [1.807, 2.05) is 25.7 Å². The molecule has 20 heavy (non-hydrogen) atoms.